The van der Waals surface area contributed by atoms with Gasteiger partial charge in [0.2, 0.25) is 0 Å². The van der Waals surface area contributed by atoms with E-state index >= 15 is 0 Å². The largest absolute Gasteiger partial charge is 0.490 e. The third-order valence-electron chi connectivity index (χ3n) is 5.15. The van der Waals surface area contributed by atoms with Crippen molar-refractivity contribution in [1.29, 1.82) is 0 Å². The second-order valence-corrected chi connectivity index (χ2v) is 6.74. The molecule has 1 aromatic carbocycles. The summed E-state index contributed by atoms with van der Waals surface area (Å²) in [4.78, 5) is 22.3. The number of nitrogens with zero attached hydrogens (tertiary/aromatic N) is 2. The summed E-state index contributed by atoms with van der Waals surface area (Å²) in [5.74, 6) is 1.63. The molecule has 2 fully saturated rings. The molecule has 1 saturated heterocycles. The minimum Gasteiger partial charge on any atom is -0.490 e. The highest BCUT2D eigenvalue weighted by Gasteiger charge is 2.38. The highest BCUT2D eigenvalue weighted by Crippen LogP contribution is 2.33. The molecule has 2 heterocycles. The van der Waals surface area contributed by atoms with E-state index < -0.39 is 0 Å². The maximum Gasteiger partial charge on any atom is 0.254 e. The Balaban J connectivity index is 1.50. The zero-order chi connectivity index (χ0) is 17.2. The van der Waals surface area contributed by atoms with E-state index in [1.807, 2.05) is 29.2 Å². The van der Waals surface area contributed by atoms with Gasteiger partial charge in [-0.3, -0.25) is 4.79 Å². The predicted molar refractivity (Wildman–Crippen MR) is 92.5 cm³/mol. The molecule has 25 heavy (non-hydrogen) atoms. The van der Waals surface area contributed by atoms with Gasteiger partial charge in [0.15, 0.2) is 0 Å². The van der Waals surface area contributed by atoms with Gasteiger partial charge in [0, 0.05) is 38.0 Å². The van der Waals surface area contributed by atoms with Crippen molar-refractivity contribution in [3.05, 3.63) is 48.0 Å². The summed E-state index contributed by atoms with van der Waals surface area (Å²) < 4.78 is 11.3. The lowest BCUT2D eigenvalue weighted by molar-refractivity contribution is 0.0684. The SMILES string of the molecule is CO[C@@H]1CC(c2ncc[nH]2)N(C(=O)c2ccc(OC3CCC3)cc2)C1. The highest BCUT2D eigenvalue weighted by molar-refractivity contribution is 5.94. The third-order valence-corrected chi connectivity index (χ3v) is 5.15. The van der Waals surface area contributed by atoms with Crippen LogP contribution < -0.4 is 4.74 Å². The van der Waals surface area contributed by atoms with Crippen molar-refractivity contribution in [2.75, 3.05) is 13.7 Å². The maximum atomic E-state index is 13.0. The molecule has 1 aliphatic carbocycles. The molecule has 6 nitrogen and oxygen atoms in total. The third kappa shape index (κ3) is 3.26. The van der Waals surface area contributed by atoms with Gasteiger partial charge >= 0.3 is 0 Å². The van der Waals surface area contributed by atoms with Gasteiger partial charge in [-0.2, -0.15) is 0 Å². The van der Waals surface area contributed by atoms with E-state index in [0.717, 1.165) is 30.8 Å². The molecule has 1 amide bonds. The minimum atomic E-state index is -0.0849. The van der Waals surface area contributed by atoms with Gasteiger partial charge in [0.25, 0.3) is 5.91 Å². The Kier molecular flexibility index (Phi) is 4.44. The van der Waals surface area contributed by atoms with Gasteiger partial charge in [-0.25, -0.2) is 4.98 Å². The average Bonchev–Trinajstić information content (AvgIpc) is 3.27. The summed E-state index contributed by atoms with van der Waals surface area (Å²) in [5.41, 5.74) is 0.661. The summed E-state index contributed by atoms with van der Waals surface area (Å²) in [5, 5.41) is 0. The number of likely N-dealkylation sites (tertiary alicyclic amines) is 1. The molecule has 0 spiro atoms. The number of hydrogen-bond donors (Lipinski definition) is 1. The zero-order valence-corrected chi connectivity index (χ0v) is 14.4. The maximum absolute atomic E-state index is 13.0. The van der Waals surface area contributed by atoms with Crippen LogP contribution in [0.25, 0.3) is 0 Å². The van der Waals surface area contributed by atoms with Crippen LogP contribution in [0.2, 0.25) is 0 Å². The number of aromatic amines is 1. The number of carbonyl (C=O) groups is 1. The number of imidazole rings is 1. The van der Waals surface area contributed by atoms with Crippen molar-refractivity contribution in [3.8, 4) is 5.75 Å². The molecular formula is C19H23N3O3. The standard InChI is InChI=1S/C19H23N3O3/c1-24-16-11-17(18-20-9-10-21-18)22(12-16)19(23)13-5-7-15(8-6-13)25-14-3-2-4-14/h5-10,14,16-17H,2-4,11-12H2,1H3,(H,20,21)/t16-,17?/m1/s1. The van der Waals surface area contributed by atoms with E-state index in [9.17, 15) is 4.79 Å². The van der Waals surface area contributed by atoms with Gasteiger partial charge < -0.3 is 19.4 Å². The molecule has 1 unspecified atom stereocenters. The van der Waals surface area contributed by atoms with E-state index in [1.54, 1.807) is 19.5 Å². The smallest absolute Gasteiger partial charge is 0.254 e. The molecule has 0 radical (unpaired) electrons. The fourth-order valence-electron chi connectivity index (χ4n) is 3.43. The van der Waals surface area contributed by atoms with E-state index in [1.165, 1.54) is 6.42 Å². The number of methoxy groups -OCH3 is 1. The van der Waals surface area contributed by atoms with Crippen LogP contribution in [0.1, 0.15) is 47.9 Å². The van der Waals surface area contributed by atoms with Crippen molar-refractivity contribution >= 4 is 5.91 Å². The topological polar surface area (TPSA) is 67.5 Å². The van der Waals surface area contributed by atoms with Crippen LogP contribution in [0.5, 0.6) is 5.75 Å². The molecule has 1 aliphatic heterocycles. The fourth-order valence-corrected chi connectivity index (χ4v) is 3.43. The Hall–Kier alpha value is -2.34. The predicted octanol–water partition coefficient (Wildman–Crippen LogP) is 2.94. The van der Waals surface area contributed by atoms with E-state index in [-0.39, 0.29) is 18.1 Å². The number of aromatic nitrogens is 2. The first-order valence-electron chi connectivity index (χ1n) is 8.84. The Morgan fingerprint density at radius 1 is 1.24 bits per heavy atom. The first-order chi connectivity index (χ1) is 12.2. The lowest BCUT2D eigenvalue weighted by Crippen LogP contribution is -2.32. The summed E-state index contributed by atoms with van der Waals surface area (Å²) in [6.07, 6.45) is 8.10. The number of hydrogen-bond acceptors (Lipinski definition) is 4. The fraction of sp³-hybridized carbons (Fsp3) is 0.474. The van der Waals surface area contributed by atoms with Crippen LogP contribution in [0.15, 0.2) is 36.7 Å². The molecule has 1 aromatic heterocycles. The number of benzene rings is 1. The average molecular weight is 341 g/mol. The van der Waals surface area contributed by atoms with Crippen LogP contribution in [0.3, 0.4) is 0 Å². The number of amides is 1. The van der Waals surface area contributed by atoms with Gasteiger partial charge in [-0.1, -0.05) is 0 Å². The Bertz CT molecular complexity index is 710. The first-order valence-corrected chi connectivity index (χ1v) is 8.84. The molecule has 1 saturated carbocycles. The van der Waals surface area contributed by atoms with Crippen molar-refractivity contribution in [2.45, 2.75) is 43.9 Å². The molecular weight excluding hydrogens is 318 g/mol. The molecule has 2 atom stereocenters. The normalized spacial score (nSPS) is 23.5. The first kappa shape index (κ1) is 16.1. The Labute approximate surface area is 147 Å². The Morgan fingerprint density at radius 2 is 2.04 bits per heavy atom. The molecule has 6 heteroatoms. The molecule has 2 aliphatic rings. The lowest BCUT2D eigenvalue weighted by atomic mass is 9.96. The van der Waals surface area contributed by atoms with Gasteiger partial charge in [0.1, 0.15) is 11.6 Å². The number of H-pyrrole nitrogens is 1. The van der Waals surface area contributed by atoms with Gasteiger partial charge in [-0.15, -0.1) is 0 Å². The molecule has 132 valence electrons. The zero-order valence-electron chi connectivity index (χ0n) is 14.4. The van der Waals surface area contributed by atoms with E-state index in [4.69, 9.17) is 9.47 Å². The number of rotatable bonds is 5. The number of nitrogens with one attached hydrogen (secondary N) is 1. The molecule has 4 rings (SSSR count). The minimum absolute atomic E-state index is 0.00357. The monoisotopic (exact) mass is 341 g/mol. The van der Waals surface area contributed by atoms with Gasteiger partial charge in [-0.05, 0) is 43.5 Å². The van der Waals surface area contributed by atoms with Crippen molar-refractivity contribution in [2.24, 2.45) is 0 Å². The summed E-state index contributed by atoms with van der Waals surface area (Å²) in [7, 11) is 1.68. The second kappa shape index (κ2) is 6.88. The molecule has 2 aromatic rings. The highest BCUT2D eigenvalue weighted by atomic mass is 16.5. The molecule has 0 bridgehead atoms. The van der Waals surface area contributed by atoms with Crippen molar-refractivity contribution in [1.82, 2.24) is 14.9 Å². The van der Waals surface area contributed by atoms with E-state index in [0.29, 0.717) is 18.2 Å². The van der Waals surface area contributed by atoms with Crippen LogP contribution in [-0.4, -0.2) is 46.6 Å². The van der Waals surface area contributed by atoms with Crippen LogP contribution in [0.4, 0.5) is 0 Å². The van der Waals surface area contributed by atoms with Crippen molar-refractivity contribution in [3.63, 3.8) is 0 Å². The number of carbonyl (C=O) groups excluding carboxylic acids is 1. The molecule has 1 N–H and O–H groups in total. The lowest BCUT2D eigenvalue weighted by Gasteiger charge is -2.26. The summed E-state index contributed by atoms with van der Waals surface area (Å²) in [6, 6.07) is 7.37. The van der Waals surface area contributed by atoms with Gasteiger partial charge in [0.05, 0.1) is 18.2 Å². The summed E-state index contributed by atoms with van der Waals surface area (Å²) in [6.45, 7) is 0.570. The second-order valence-electron chi connectivity index (χ2n) is 6.74. The Morgan fingerprint density at radius 3 is 2.64 bits per heavy atom. The van der Waals surface area contributed by atoms with Crippen LogP contribution in [-0.2, 0) is 4.74 Å². The van der Waals surface area contributed by atoms with Crippen LogP contribution in [0, 0.1) is 0 Å². The van der Waals surface area contributed by atoms with E-state index in [2.05, 4.69) is 9.97 Å². The van der Waals surface area contributed by atoms with Crippen LogP contribution >= 0.6 is 0 Å². The number of ether oxygens (including phenoxy) is 2. The van der Waals surface area contributed by atoms with Crippen molar-refractivity contribution < 1.29 is 14.3 Å². The summed E-state index contributed by atoms with van der Waals surface area (Å²) >= 11 is 0. The quantitative estimate of drug-likeness (QED) is 0.908.